The van der Waals surface area contributed by atoms with E-state index in [1.54, 1.807) is 0 Å². The highest BCUT2D eigenvalue weighted by Gasteiger charge is 2.65. The van der Waals surface area contributed by atoms with Crippen molar-refractivity contribution in [1.82, 2.24) is 0 Å². The Morgan fingerprint density at radius 3 is 2.23 bits per heavy atom. The Labute approximate surface area is 215 Å². The van der Waals surface area contributed by atoms with Gasteiger partial charge in [-0.2, -0.15) is 0 Å². The van der Waals surface area contributed by atoms with Gasteiger partial charge in [0.25, 0.3) is 0 Å². The molecule has 0 spiro atoms. The highest BCUT2D eigenvalue weighted by Crippen LogP contribution is 2.68. The first-order valence-electron chi connectivity index (χ1n) is 14.5. The van der Waals surface area contributed by atoms with Crippen molar-refractivity contribution in [2.75, 3.05) is 0 Å². The minimum Gasteiger partial charge on any atom is -0.481 e. The molecule has 0 heterocycles. The van der Waals surface area contributed by atoms with Crippen LogP contribution < -0.4 is 0 Å². The van der Waals surface area contributed by atoms with Crippen molar-refractivity contribution >= 4 is 20.1 Å². The van der Waals surface area contributed by atoms with Crippen molar-refractivity contribution in [3.63, 3.8) is 0 Å². The standard InChI is InChI=1S/C30H52O4Si/c1-10-20-24-17-19(34-35(8,9)28(3,4)5)13-15-30(24,7)23-14-16-29(6)21(18(2)27(32)33)11-12-22(29)25(23)26(20)31/h18-25H,10-17H2,1-9H3,(H,32,33)/t18-,19?,20+,21?,22-,23-,24?,25-,29?,30?/m0/s1. The van der Waals surface area contributed by atoms with Crippen LogP contribution >= 0.6 is 0 Å². The van der Waals surface area contributed by atoms with Gasteiger partial charge in [0.1, 0.15) is 5.78 Å². The second-order valence-corrected chi connectivity index (χ2v) is 19.7. The van der Waals surface area contributed by atoms with Crippen LogP contribution in [0.15, 0.2) is 0 Å². The molecule has 0 aliphatic heterocycles. The fraction of sp³-hybridized carbons (Fsp3) is 0.933. The largest absolute Gasteiger partial charge is 0.481 e. The van der Waals surface area contributed by atoms with Gasteiger partial charge in [0, 0.05) is 17.9 Å². The summed E-state index contributed by atoms with van der Waals surface area (Å²) in [5.74, 6) is 1.20. The lowest BCUT2D eigenvalue weighted by Gasteiger charge is -2.62. The van der Waals surface area contributed by atoms with Crippen LogP contribution in [0.2, 0.25) is 18.1 Å². The fourth-order valence-corrected chi connectivity index (χ4v) is 10.8. The Balaban J connectivity index is 1.61. The van der Waals surface area contributed by atoms with E-state index in [9.17, 15) is 14.7 Å². The number of fused-ring (bicyclic) bond motifs is 5. The van der Waals surface area contributed by atoms with Gasteiger partial charge in [-0.05, 0) is 104 Å². The molecule has 0 bridgehead atoms. The smallest absolute Gasteiger partial charge is 0.306 e. The number of carbonyl (C=O) groups excluding carboxylic acids is 1. The molecule has 4 saturated carbocycles. The van der Waals surface area contributed by atoms with Crippen LogP contribution in [0, 0.1) is 52.3 Å². The maximum absolute atomic E-state index is 14.3. The summed E-state index contributed by atoms with van der Waals surface area (Å²) >= 11 is 0. The van der Waals surface area contributed by atoms with Gasteiger partial charge in [-0.1, -0.05) is 48.5 Å². The first-order chi connectivity index (χ1) is 16.1. The van der Waals surface area contributed by atoms with Gasteiger partial charge >= 0.3 is 5.97 Å². The first-order valence-corrected chi connectivity index (χ1v) is 17.4. The zero-order chi connectivity index (χ0) is 26.1. The molecule has 0 amide bonds. The summed E-state index contributed by atoms with van der Waals surface area (Å²) in [5, 5.41) is 9.99. The number of carboxylic acid groups (broad SMARTS) is 1. The number of hydrogen-bond acceptors (Lipinski definition) is 3. The molecule has 0 aromatic heterocycles. The van der Waals surface area contributed by atoms with E-state index in [1.807, 2.05) is 6.92 Å². The molecule has 5 unspecified atom stereocenters. The summed E-state index contributed by atoms with van der Waals surface area (Å²) in [6.07, 6.45) is 8.69. The molecule has 5 heteroatoms. The van der Waals surface area contributed by atoms with E-state index in [0.717, 1.165) is 44.9 Å². The molecular weight excluding hydrogens is 452 g/mol. The van der Waals surface area contributed by atoms with Gasteiger partial charge in [0.2, 0.25) is 0 Å². The maximum Gasteiger partial charge on any atom is 0.306 e. The number of Topliss-reactive ketones (excluding diaryl/α,β-unsaturated/α-hetero) is 1. The van der Waals surface area contributed by atoms with E-state index in [4.69, 9.17) is 4.43 Å². The molecule has 10 atom stereocenters. The molecule has 35 heavy (non-hydrogen) atoms. The van der Waals surface area contributed by atoms with Crippen molar-refractivity contribution in [2.24, 2.45) is 52.3 Å². The first kappa shape index (κ1) is 27.4. The molecule has 0 aromatic rings. The third-order valence-corrected chi connectivity index (χ3v) is 17.0. The highest BCUT2D eigenvalue weighted by molar-refractivity contribution is 6.74. The lowest BCUT2D eigenvalue weighted by Crippen LogP contribution is -2.61. The summed E-state index contributed by atoms with van der Waals surface area (Å²) in [7, 11) is -1.85. The summed E-state index contributed by atoms with van der Waals surface area (Å²) in [6, 6.07) is 0. The average Bonchev–Trinajstić information content (AvgIpc) is 3.10. The van der Waals surface area contributed by atoms with Crippen LogP contribution in [0.1, 0.15) is 99.8 Å². The topological polar surface area (TPSA) is 63.6 Å². The minimum atomic E-state index is -1.85. The van der Waals surface area contributed by atoms with Crippen LogP contribution in [0.4, 0.5) is 0 Å². The number of carboxylic acids is 1. The zero-order valence-electron chi connectivity index (χ0n) is 23.9. The predicted molar refractivity (Wildman–Crippen MR) is 144 cm³/mol. The van der Waals surface area contributed by atoms with E-state index in [0.29, 0.717) is 23.5 Å². The number of carbonyl (C=O) groups is 2. The zero-order valence-corrected chi connectivity index (χ0v) is 24.9. The Morgan fingerprint density at radius 2 is 1.66 bits per heavy atom. The van der Waals surface area contributed by atoms with Gasteiger partial charge in [-0.25, -0.2) is 0 Å². The van der Waals surface area contributed by atoms with Crippen LogP contribution in [-0.4, -0.2) is 31.3 Å². The van der Waals surface area contributed by atoms with Crippen molar-refractivity contribution in [2.45, 2.75) is 124 Å². The summed E-state index contributed by atoms with van der Waals surface area (Å²) in [5.41, 5.74) is 0.184. The molecule has 200 valence electrons. The lowest BCUT2D eigenvalue weighted by molar-refractivity contribution is -0.173. The molecule has 0 saturated heterocycles. The summed E-state index contributed by atoms with van der Waals surface area (Å²) < 4.78 is 6.92. The molecule has 4 nitrogen and oxygen atoms in total. The van der Waals surface area contributed by atoms with Crippen molar-refractivity contribution in [1.29, 1.82) is 0 Å². The van der Waals surface area contributed by atoms with E-state index in [2.05, 4.69) is 54.6 Å². The molecule has 0 aromatic carbocycles. The Hall–Kier alpha value is -0.683. The van der Waals surface area contributed by atoms with Crippen LogP contribution in [0.5, 0.6) is 0 Å². The monoisotopic (exact) mass is 504 g/mol. The Morgan fingerprint density at radius 1 is 1.06 bits per heavy atom. The number of aliphatic carboxylic acids is 1. The van der Waals surface area contributed by atoms with Gasteiger partial charge < -0.3 is 9.53 Å². The van der Waals surface area contributed by atoms with Crippen molar-refractivity contribution < 1.29 is 19.1 Å². The van der Waals surface area contributed by atoms with Gasteiger partial charge in [0.05, 0.1) is 5.92 Å². The number of hydrogen-bond donors (Lipinski definition) is 1. The average molecular weight is 505 g/mol. The Bertz CT molecular complexity index is 846. The van der Waals surface area contributed by atoms with Gasteiger partial charge in [-0.3, -0.25) is 9.59 Å². The molecule has 1 N–H and O–H groups in total. The Kier molecular flexibility index (Phi) is 7.00. The summed E-state index contributed by atoms with van der Waals surface area (Å²) in [6.45, 7) is 20.6. The SMILES string of the molecule is CC[C@H]1C(=O)[C@H]2[C@@H]3CCC([C@H](C)C(=O)O)C3(C)CC[C@@H]2C2(C)CCC(O[Si](C)(C)C(C)(C)C)CC12. The number of rotatable bonds is 5. The molecule has 4 fully saturated rings. The van der Waals surface area contributed by atoms with E-state index in [1.165, 1.54) is 6.42 Å². The van der Waals surface area contributed by atoms with Crippen LogP contribution in [0.3, 0.4) is 0 Å². The minimum absolute atomic E-state index is 0.0151. The molecule has 4 aliphatic rings. The molecule has 4 rings (SSSR count). The highest BCUT2D eigenvalue weighted by atomic mass is 28.4. The van der Waals surface area contributed by atoms with E-state index in [-0.39, 0.29) is 45.6 Å². The van der Waals surface area contributed by atoms with Crippen molar-refractivity contribution in [3.8, 4) is 0 Å². The molecule has 4 aliphatic carbocycles. The van der Waals surface area contributed by atoms with Crippen molar-refractivity contribution in [3.05, 3.63) is 0 Å². The quantitative estimate of drug-likeness (QED) is 0.392. The lowest BCUT2D eigenvalue weighted by atomic mass is 9.42. The summed E-state index contributed by atoms with van der Waals surface area (Å²) in [4.78, 5) is 26.2. The van der Waals surface area contributed by atoms with Gasteiger partial charge in [0.15, 0.2) is 8.32 Å². The fourth-order valence-electron chi connectivity index (χ4n) is 9.35. The third kappa shape index (κ3) is 4.19. The normalized spacial score (nSPS) is 44.8. The third-order valence-electron chi connectivity index (χ3n) is 12.4. The van der Waals surface area contributed by atoms with Crippen LogP contribution in [0.25, 0.3) is 0 Å². The van der Waals surface area contributed by atoms with E-state index < -0.39 is 14.3 Å². The predicted octanol–water partition coefficient (Wildman–Crippen LogP) is 7.57. The molecular formula is C30H52O4Si. The maximum atomic E-state index is 14.3. The van der Waals surface area contributed by atoms with Gasteiger partial charge in [-0.15, -0.1) is 0 Å². The second-order valence-electron chi connectivity index (χ2n) is 14.9. The second kappa shape index (κ2) is 8.96. The number of ketones is 1. The van der Waals surface area contributed by atoms with E-state index >= 15 is 0 Å². The van der Waals surface area contributed by atoms with Crippen LogP contribution in [-0.2, 0) is 14.0 Å². The molecule has 0 radical (unpaired) electrons.